The zero-order valence-corrected chi connectivity index (χ0v) is 27.4. The number of hydrogen-bond donors (Lipinski definition) is 2. The third kappa shape index (κ3) is 6.68. The summed E-state index contributed by atoms with van der Waals surface area (Å²) in [6.45, 7) is 8.83. The summed E-state index contributed by atoms with van der Waals surface area (Å²) < 4.78 is 61.1. The number of para-hydroxylation sites is 1. The number of nitrogens with zero attached hydrogens (tertiary/aromatic N) is 3. The van der Waals surface area contributed by atoms with Gasteiger partial charge < -0.3 is 4.57 Å². The maximum atomic E-state index is 13.2. The molecule has 0 amide bonds. The van der Waals surface area contributed by atoms with Crippen molar-refractivity contribution in [3.63, 3.8) is 0 Å². The monoisotopic (exact) mass is 639 g/mol. The largest absolute Gasteiger partial charge is 0.318 e. The third-order valence-electron chi connectivity index (χ3n) is 7.38. The summed E-state index contributed by atoms with van der Waals surface area (Å²) in [5.74, 6) is 0.719. The molecule has 4 aromatic rings. The van der Waals surface area contributed by atoms with Crippen LogP contribution in [0.15, 0.2) is 80.7 Å². The lowest BCUT2D eigenvalue weighted by atomic mass is 10.1. The molecule has 1 aromatic heterocycles. The van der Waals surface area contributed by atoms with Gasteiger partial charge in [-0.2, -0.15) is 0 Å². The summed E-state index contributed by atoms with van der Waals surface area (Å²) in [6, 6.07) is 17.8. The Kier molecular flexibility index (Phi) is 9.05. The molecule has 228 valence electrons. The maximum Gasteiger partial charge on any atom is 0.240 e. The first-order valence-corrected chi connectivity index (χ1v) is 18.1. The summed E-state index contributed by atoms with van der Waals surface area (Å²) in [5, 5.41) is 9.23. The van der Waals surface area contributed by atoms with Crippen LogP contribution < -0.4 is 14.2 Å². The van der Waals surface area contributed by atoms with E-state index in [9.17, 15) is 16.8 Å². The molecule has 3 aromatic carbocycles. The molecule has 0 saturated carbocycles. The first-order chi connectivity index (χ1) is 20.4. The smallest absolute Gasteiger partial charge is 0.240 e. The van der Waals surface area contributed by atoms with E-state index < -0.39 is 20.0 Å². The van der Waals surface area contributed by atoms with Gasteiger partial charge in [0.25, 0.3) is 0 Å². The Bertz CT molecular complexity index is 1890. The van der Waals surface area contributed by atoms with Gasteiger partial charge in [0.1, 0.15) is 5.71 Å². The van der Waals surface area contributed by atoms with Gasteiger partial charge in [-0.1, -0.05) is 63.3 Å². The molecule has 0 bridgehead atoms. The van der Waals surface area contributed by atoms with E-state index in [0.29, 0.717) is 46.6 Å². The maximum absolute atomic E-state index is 13.2. The molecule has 1 aliphatic rings. The van der Waals surface area contributed by atoms with E-state index in [1.165, 1.54) is 11.3 Å². The van der Waals surface area contributed by atoms with Gasteiger partial charge >= 0.3 is 0 Å². The molecular formula is C31H37N5O4S3. The third-order valence-corrected chi connectivity index (χ3v) is 11.4. The van der Waals surface area contributed by atoms with Crippen LogP contribution in [0.2, 0.25) is 0 Å². The van der Waals surface area contributed by atoms with Crippen molar-refractivity contribution in [3.05, 3.63) is 76.6 Å². The van der Waals surface area contributed by atoms with E-state index in [2.05, 4.69) is 19.6 Å². The van der Waals surface area contributed by atoms with Crippen LogP contribution in [0, 0.1) is 11.8 Å². The molecule has 0 fully saturated rings. The van der Waals surface area contributed by atoms with E-state index in [0.717, 1.165) is 34.2 Å². The van der Waals surface area contributed by atoms with Crippen molar-refractivity contribution in [2.45, 2.75) is 50.3 Å². The Labute approximate surface area is 257 Å². The number of nitrogens with one attached hydrogen (secondary N) is 2. The molecule has 0 spiro atoms. The highest BCUT2D eigenvalue weighted by atomic mass is 32.2. The van der Waals surface area contributed by atoms with Crippen molar-refractivity contribution in [3.8, 4) is 11.1 Å². The van der Waals surface area contributed by atoms with E-state index in [1.54, 1.807) is 36.4 Å². The second kappa shape index (κ2) is 12.4. The topological polar surface area (TPSA) is 122 Å². The minimum atomic E-state index is -3.77. The summed E-state index contributed by atoms with van der Waals surface area (Å²) in [7, 11) is -5.63. The van der Waals surface area contributed by atoms with Gasteiger partial charge in [-0.05, 0) is 72.2 Å². The van der Waals surface area contributed by atoms with Crippen LogP contribution >= 0.6 is 11.3 Å². The average molecular weight is 640 g/mol. The van der Waals surface area contributed by atoms with E-state index in [4.69, 9.17) is 0 Å². The summed E-state index contributed by atoms with van der Waals surface area (Å²) in [4.78, 5) is 0.888. The molecule has 0 radical (unpaired) electrons. The predicted octanol–water partition coefficient (Wildman–Crippen LogP) is 5.22. The zero-order chi connectivity index (χ0) is 30.9. The van der Waals surface area contributed by atoms with E-state index in [1.807, 2.05) is 63.6 Å². The van der Waals surface area contributed by atoms with Gasteiger partial charge in [-0.25, -0.2) is 26.3 Å². The van der Waals surface area contributed by atoms with Crippen LogP contribution in [0.25, 0.3) is 21.3 Å². The van der Waals surface area contributed by atoms with Gasteiger partial charge in [-0.3, -0.25) is 0 Å². The van der Waals surface area contributed by atoms with Crippen LogP contribution in [-0.2, 0) is 27.1 Å². The number of rotatable bonds is 11. The molecule has 43 heavy (non-hydrogen) atoms. The summed E-state index contributed by atoms with van der Waals surface area (Å²) >= 11 is 1.48. The van der Waals surface area contributed by atoms with Crippen molar-refractivity contribution in [1.29, 1.82) is 0 Å². The van der Waals surface area contributed by atoms with E-state index in [-0.39, 0.29) is 9.79 Å². The number of sulfonamides is 2. The Morgan fingerprint density at radius 1 is 0.721 bits per heavy atom. The van der Waals surface area contributed by atoms with Gasteiger partial charge in [0.2, 0.25) is 24.8 Å². The molecule has 0 aliphatic heterocycles. The molecule has 1 aliphatic carbocycles. The van der Waals surface area contributed by atoms with Crippen molar-refractivity contribution >= 4 is 47.3 Å². The molecule has 9 nitrogen and oxygen atoms in total. The molecule has 2 N–H and O–H groups in total. The zero-order valence-electron chi connectivity index (χ0n) is 25.0. The molecule has 0 saturated heterocycles. The van der Waals surface area contributed by atoms with Gasteiger partial charge in [0, 0.05) is 31.3 Å². The lowest BCUT2D eigenvalue weighted by Gasteiger charge is -2.10. The second-order valence-electron chi connectivity index (χ2n) is 11.5. The van der Waals surface area contributed by atoms with Crippen molar-refractivity contribution in [2.24, 2.45) is 29.1 Å². The molecular weight excluding hydrogens is 603 g/mol. The number of aromatic nitrogens is 1. The lowest BCUT2D eigenvalue weighted by Crippen LogP contribution is -2.26. The number of benzene rings is 3. The van der Waals surface area contributed by atoms with Crippen molar-refractivity contribution in [1.82, 2.24) is 14.0 Å². The van der Waals surface area contributed by atoms with Crippen LogP contribution in [0.3, 0.4) is 0 Å². The Hall–Kier alpha value is -3.16. The SMILES string of the molecule is CC(C)CCNS(=O)(=O)c1ccc2c(c1)C(=NN=c1sc3ccccc3n1C)c1cc(S(=O)(=O)NCCC(C)C)ccc1-2. The summed E-state index contributed by atoms with van der Waals surface area (Å²) in [6.07, 6.45) is 1.44. The fourth-order valence-corrected chi connectivity index (χ4v) is 8.01. The highest BCUT2D eigenvalue weighted by Gasteiger charge is 2.29. The van der Waals surface area contributed by atoms with E-state index >= 15 is 0 Å². The fourth-order valence-electron chi connectivity index (χ4n) is 4.90. The van der Waals surface area contributed by atoms with Gasteiger partial charge in [-0.15, -0.1) is 10.2 Å². The average Bonchev–Trinajstić information content (AvgIpc) is 3.44. The molecule has 0 unspecified atom stereocenters. The number of hydrogen-bond acceptors (Lipinski definition) is 7. The minimum Gasteiger partial charge on any atom is -0.318 e. The standard InChI is InChI=1S/C31H37N5O4S3/c1-20(2)14-16-32-42(37,38)22-10-12-24-25-13-11-23(43(39,40)33-17-15-21(3)4)19-27(25)30(26(24)18-22)34-35-31-36(5)28-8-6-7-9-29(28)41-31/h6-13,18-21,32-33H,14-17H2,1-5H3. The van der Waals surface area contributed by atoms with Gasteiger partial charge in [0.15, 0.2) is 0 Å². The summed E-state index contributed by atoms with van der Waals surface area (Å²) in [5.41, 5.74) is 4.12. The quantitative estimate of drug-likeness (QED) is 0.192. The fraction of sp³-hybridized carbons (Fsp3) is 0.355. The second-order valence-corrected chi connectivity index (χ2v) is 16.1. The minimum absolute atomic E-state index is 0.117. The predicted molar refractivity (Wildman–Crippen MR) is 173 cm³/mol. The number of aryl methyl sites for hydroxylation is 1. The Morgan fingerprint density at radius 3 is 1.72 bits per heavy atom. The molecule has 0 atom stereocenters. The Balaban J connectivity index is 1.62. The van der Waals surface area contributed by atoms with Gasteiger partial charge in [0.05, 0.1) is 20.0 Å². The highest BCUT2D eigenvalue weighted by Crippen LogP contribution is 2.39. The van der Waals surface area contributed by atoms with Crippen LogP contribution in [0.4, 0.5) is 0 Å². The Morgan fingerprint density at radius 2 is 1.23 bits per heavy atom. The van der Waals surface area contributed by atoms with Crippen LogP contribution in [-0.4, -0.2) is 40.2 Å². The molecule has 1 heterocycles. The highest BCUT2D eigenvalue weighted by molar-refractivity contribution is 7.89. The first-order valence-electron chi connectivity index (χ1n) is 14.3. The lowest BCUT2D eigenvalue weighted by molar-refractivity contribution is 0.550. The normalized spacial score (nSPS) is 13.7. The first kappa shape index (κ1) is 31.3. The van der Waals surface area contributed by atoms with Crippen LogP contribution in [0.1, 0.15) is 51.7 Å². The molecule has 12 heteroatoms. The number of fused-ring (bicyclic) bond motifs is 4. The van der Waals surface area contributed by atoms with Crippen molar-refractivity contribution < 1.29 is 16.8 Å². The van der Waals surface area contributed by atoms with Crippen LogP contribution in [0.5, 0.6) is 0 Å². The van der Waals surface area contributed by atoms with Crippen molar-refractivity contribution in [2.75, 3.05) is 13.1 Å². The number of thiazole rings is 1. The molecule has 5 rings (SSSR count).